The minimum atomic E-state index is 0.339. The summed E-state index contributed by atoms with van der Waals surface area (Å²) in [6, 6.07) is 2.79. The van der Waals surface area contributed by atoms with Crippen LogP contribution < -0.4 is 5.32 Å². The van der Waals surface area contributed by atoms with Gasteiger partial charge >= 0.3 is 0 Å². The van der Waals surface area contributed by atoms with Crippen LogP contribution in [-0.4, -0.2) is 49.5 Å². The second-order valence-corrected chi connectivity index (χ2v) is 8.17. The summed E-state index contributed by atoms with van der Waals surface area (Å²) in [5.41, 5.74) is 1.50. The van der Waals surface area contributed by atoms with E-state index in [1.54, 1.807) is 0 Å². The van der Waals surface area contributed by atoms with Crippen molar-refractivity contribution in [3.8, 4) is 0 Å². The van der Waals surface area contributed by atoms with Crippen LogP contribution in [0.5, 0.6) is 0 Å². The number of rotatable bonds is 3. The third-order valence-corrected chi connectivity index (χ3v) is 6.19. The molecule has 5 heteroatoms. The standard InChI is InChI=1S/C14H22N2OS2/c1-10-7-13(12-3-6-18-14(12)19-10)15-8-11-9-16(2)4-5-17-11/h3,6,10-11,13,15H,4-5,7-9H2,1-2H3/t10-,11?,13?/m0/s1. The summed E-state index contributed by atoms with van der Waals surface area (Å²) in [5, 5.41) is 6.65. The second-order valence-electron chi connectivity index (χ2n) is 5.54. The van der Waals surface area contributed by atoms with Crippen LogP contribution in [0.2, 0.25) is 0 Å². The summed E-state index contributed by atoms with van der Waals surface area (Å²) in [6.45, 7) is 6.25. The Morgan fingerprint density at radius 1 is 1.53 bits per heavy atom. The molecule has 0 aromatic carbocycles. The highest BCUT2D eigenvalue weighted by atomic mass is 32.2. The van der Waals surface area contributed by atoms with E-state index < -0.39 is 0 Å². The molecule has 0 radical (unpaired) electrons. The average molecular weight is 298 g/mol. The normalized spacial score (nSPS) is 32.2. The lowest BCUT2D eigenvalue weighted by Gasteiger charge is -2.33. The molecule has 3 nitrogen and oxygen atoms in total. The van der Waals surface area contributed by atoms with Crippen LogP contribution in [0.25, 0.3) is 0 Å². The predicted octanol–water partition coefficient (Wildman–Crippen LogP) is 2.59. The fourth-order valence-corrected chi connectivity index (χ4v) is 5.37. The smallest absolute Gasteiger partial charge is 0.0826 e. The Balaban J connectivity index is 1.58. The van der Waals surface area contributed by atoms with Crippen LogP contribution in [0, 0.1) is 0 Å². The van der Waals surface area contributed by atoms with Gasteiger partial charge in [-0.15, -0.1) is 23.1 Å². The lowest BCUT2D eigenvalue weighted by Crippen LogP contribution is -2.45. The summed E-state index contributed by atoms with van der Waals surface area (Å²) in [4.78, 5) is 2.35. The summed E-state index contributed by atoms with van der Waals surface area (Å²) < 4.78 is 7.33. The largest absolute Gasteiger partial charge is 0.374 e. The van der Waals surface area contributed by atoms with Crippen LogP contribution in [0.1, 0.15) is 24.9 Å². The number of morpholine rings is 1. The molecule has 0 bridgehead atoms. The van der Waals surface area contributed by atoms with Crippen molar-refractivity contribution in [2.75, 3.05) is 33.3 Å². The first kappa shape index (κ1) is 13.9. The summed E-state index contributed by atoms with van der Waals surface area (Å²) in [6.07, 6.45) is 1.56. The van der Waals surface area contributed by atoms with Gasteiger partial charge in [-0.25, -0.2) is 0 Å². The molecule has 2 aliphatic heterocycles. The van der Waals surface area contributed by atoms with Crippen LogP contribution >= 0.6 is 23.1 Å². The molecule has 1 N–H and O–H groups in total. The molecule has 19 heavy (non-hydrogen) atoms. The monoisotopic (exact) mass is 298 g/mol. The zero-order chi connectivity index (χ0) is 13.2. The molecule has 0 saturated carbocycles. The number of ether oxygens (including phenoxy) is 1. The van der Waals surface area contributed by atoms with Crippen molar-refractivity contribution in [2.45, 2.75) is 34.9 Å². The van der Waals surface area contributed by atoms with E-state index in [1.807, 2.05) is 23.1 Å². The third kappa shape index (κ3) is 3.34. The predicted molar refractivity (Wildman–Crippen MR) is 82.2 cm³/mol. The topological polar surface area (TPSA) is 24.5 Å². The van der Waals surface area contributed by atoms with Gasteiger partial charge in [0.05, 0.1) is 16.9 Å². The minimum Gasteiger partial charge on any atom is -0.374 e. The van der Waals surface area contributed by atoms with Gasteiger partial charge in [-0.3, -0.25) is 0 Å². The first-order valence-electron chi connectivity index (χ1n) is 7.00. The van der Waals surface area contributed by atoms with E-state index >= 15 is 0 Å². The van der Waals surface area contributed by atoms with Crippen molar-refractivity contribution in [2.24, 2.45) is 0 Å². The van der Waals surface area contributed by atoms with Crippen molar-refractivity contribution >= 4 is 23.1 Å². The number of nitrogens with one attached hydrogen (secondary N) is 1. The van der Waals surface area contributed by atoms with Gasteiger partial charge in [-0.1, -0.05) is 6.92 Å². The van der Waals surface area contributed by atoms with Crippen LogP contribution in [0.3, 0.4) is 0 Å². The third-order valence-electron chi connectivity index (χ3n) is 3.84. The van der Waals surface area contributed by atoms with Crippen LogP contribution in [-0.2, 0) is 4.74 Å². The van der Waals surface area contributed by atoms with E-state index in [2.05, 4.69) is 35.6 Å². The van der Waals surface area contributed by atoms with E-state index in [1.165, 1.54) is 16.2 Å². The van der Waals surface area contributed by atoms with Gasteiger partial charge in [0.25, 0.3) is 0 Å². The lowest BCUT2D eigenvalue weighted by atomic mass is 10.0. The van der Waals surface area contributed by atoms with Gasteiger partial charge < -0.3 is 15.0 Å². The van der Waals surface area contributed by atoms with Gasteiger partial charge in [0.15, 0.2) is 0 Å². The molecule has 0 amide bonds. The van der Waals surface area contributed by atoms with Crippen molar-refractivity contribution in [1.29, 1.82) is 0 Å². The van der Waals surface area contributed by atoms with E-state index in [0.29, 0.717) is 17.4 Å². The Kier molecular flexibility index (Phi) is 4.49. The van der Waals surface area contributed by atoms with E-state index in [-0.39, 0.29) is 0 Å². The van der Waals surface area contributed by atoms with Crippen LogP contribution in [0.4, 0.5) is 0 Å². The molecule has 0 spiro atoms. The fourth-order valence-electron chi connectivity index (χ4n) is 2.81. The summed E-state index contributed by atoms with van der Waals surface area (Å²) in [5.74, 6) is 0. The number of nitrogens with zero attached hydrogens (tertiary/aromatic N) is 1. The Bertz CT molecular complexity index is 423. The Morgan fingerprint density at radius 2 is 2.42 bits per heavy atom. The molecule has 2 unspecified atom stereocenters. The van der Waals surface area contributed by atoms with E-state index in [4.69, 9.17) is 4.74 Å². The average Bonchev–Trinajstić information content (AvgIpc) is 2.84. The molecule has 0 aliphatic carbocycles. The summed E-state index contributed by atoms with van der Waals surface area (Å²) in [7, 11) is 2.17. The Hall–Kier alpha value is -0.0700. The molecule has 3 atom stereocenters. The van der Waals surface area contributed by atoms with Crippen LogP contribution in [0.15, 0.2) is 15.7 Å². The van der Waals surface area contributed by atoms with Crippen molar-refractivity contribution in [3.05, 3.63) is 17.0 Å². The first-order valence-corrected chi connectivity index (χ1v) is 8.76. The Labute approximate surface area is 123 Å². The highest BCUT2D eigenvalue weighted by molar-refractivity contribution is 8.01. The number of hydrogen-bond donors (Lipinski definition) is 1. The molecule has 1 fully saturated rings. The van der Waals surface area contributed by atoms with Crippen molar-refractivity contribution in [3.63, 3.8) is 0 Å². The van der Waals surface area contributed by atoms with Gasteiger partial charge in [-0.05, 0) is 30.5 Å². The molecular weight excluding hydrogens is 276 g/mol. The zero-order valence-corrected chi connectivity index (χ0v) is 13.2. The van der Waals surface area contributed by atoms with Crippen molar-refractivity contribution < 1.29 is 4.74 Å². The number of hydrogen-bond acceptors (Lipinski definition) is 5. The molecule has 1 aromatic heterocycles. The molecule has 3 heterocycles. The fraction of sp³-hybridized carbons (Fsp3) is 0.714. The maximum atomic E-state index is 5.83. The van der Waals surface area contributed by atoms with Gasteiger partial charge in [-0.2, -0.15) is 0 Å². The molecule has 1 saturated heterocycles. The molecule has 2 aliphatic rings. The SMILES string of the molecule is C[C@H]1CC(NCC2CN(C)CCO2)c2ccsc2S1. The zero-order valence-electron chi connectivity index (χ0n) is 11.6. The number of thiophene rings is 1. The number of fused-ring (bicyclic) bond motifs is 1. The Morgan fingerprint density at radius 3 is 3.26 bits per heavy atom. The number of thioether (sulfide) groups is 1. The maximum absolute atomic E-state index is 5.83. The highest BCUT2D eigenvalue weighted by Gasteiger charge is 2.27. The molecular formula is C14H22N2OS2. The van der Waals surface area contributed by atoms with Gasteiger partial charge in [0, 0.05) is 30.9 Å². The minimum absolute atomic E-state index is 0.339. The quantitative estimate of drug-likeness (QED) is 0.927. The number of likely N-dealkylation sites (N-methyl/N-ethyl adjacent to an activating group) is 1. The van der Waals surface area contributed by atoms with E-state index in [9.17, 15) is 0 Å². The molecule has 106 valence electrons. The molecule has 1 aromatic rings. The highest BCUT2D eigenvalue weighted by Crippen LogP contribution is 2.43. The maximum Gasteiger partial charge on any atom is 0.0826 e. The lowest BCUT2D eigenvalue weighted by molar-refractivity contribution is -0.0194. The summed E-state index contributed by atoms with van der Waals surface area (Å²) >= 11 is 3.90. The first-order chi connectivity index (χ1) is 9.22. The van der Waals surface area contributed by atoms with Gasteiger partial charge in [0.2, 0.25) is 0 Å². The van der Waals surface area contributed by atoms with E-state index in [0.717, 1.165) is 26.2 Å². The van der Waals surface area contributed by atoms with Crippen molar-refractivity contribution in [1.82, 2.24) is 10.2 Å². The van der Waals surface area contributed by atoms with Gasteiger partial charge in [0.1, 0.15) is 0 Å². The molecule has 3 rings (SSSR count). The second kappa shape index (κ2) is 6.14.